The van der Waals surface area contributed by atoms with Crippen LogP contribution in [-0.4, -0.2) is 15.1 Å². The minimum absolute atomic E-state index is 0.492. The Morgan fingerprint density at radius 1 is 0.947 bits per heavy atom. The lowest BCUT2D eigenvalue weighted by Crippen LogP contribution is -2.04. The van der Waals surface area contributed by atoms with Crippen LogP contribution < -0.4 is 0 Å². The normalized spacial score (nSPS) is 12.5. The van der Waals surface area contributed by atoms with Gasteiger partial charge in [-0.05, 0) is 18.2 Å². The highest BCUT2D eigenvalue weighted by molar-refractivity contribution is 6.31. The van der Waals surface area contributed by atoms with Gasteiger partial charge < -0.3 is 5.11 Å². The number of halogens is 1. The topological polar surface area (TPSA) is 46.0 Å². The maximum atomic E-state index is 10.3. The molecule has 0 aliphatic heterocycles. The van der Waals surface area contributed by atoms with Crippen molar-refractivity contribution in [2.45, 2.75) is 6.10 Å². The fraction of sp³-hybridized carbons (Fsp3) is 0.0667. The van der Waals surface area contributed by atoms with Gasteiger partial charge in [-0.3, -0.25) is 4.98 Å². The van der Waals surface area contributed by atoms with Gasteiger partial charge in [0.1, 0.15) is 6.10 Å². The maximum absolute atomic E-state index is 10.3. The Kier molecular flexibility index (Phi) is 3.15. The van der Waals surface area contributed by atoms with Crippen LogP contribution in [-0.2, 0) is 0 Å². The average molecular weight is 271 g/mol. The molecule has 0 saturated carbocycles. The highest BCUT2D eigenvalue weighted by atomic mass is 35.5. The first-order chi connectivity index (χ1) is 9.25. The lowest BCUT2D eigenvalue weighted by atomic mass is 10.1. The zero-order valence-electron chi connectivity index (χ0n) is 9.99. The molecule has 1 aromatic heterocycles. The first-order valence-electron chi connectivity index (χ1n) is 5.90. The van der Waals surface area contributed by atoms with Crippen LogP contribution in [0.4, 0.5) is 0 Å². The number of nitrogens with zero attached hydrogens (tertiary/aromatic N) is 2. The van der Waals surface area contributed by atoms with Crippen molar-refractivity contribution in [2.24, 2.45) is 0 Å². The van der Waals surface area contributed by atoms with E-state index in [4.69, 9.17) is 11.6 Å². The lowest BCUT2D eigenvalue weighted by molar-refractivity contribution is 0.215. The van der Waals surface area contributed by atoms with Gasteiger partial charge in [0.15, 0.2) is 0 Å². The number of aliphatic hydroxyl groups is 1. The van der Waals surface area contributed by atoms with Gasteiger partial charge in [0.2, 0.25) is 0 Å². The number of benzene rings is 2. The van der Waals surface area contributed by atoms with E-state index >= 15 is 0 Å². The van der Waals surface area contributed by atoms with E-state index in [9.17, 15) is 5.11 Å². The zero-order chi connectivity index (χ0) is 13.2. The van der Waals surface area contributed by atoms with Gasteiger partial charge in [-0.2, -0.15) is 0 Å². The quantitative estimate of drug-likeness (QED) is 0.777. The second-order valence-electron chi connectivity index (χ2n) is 4.21. The summed E-state index contributed by atoms with van der Waals surface area (Å²) >= 11 is 6.08. The van der Waals surface area contributed by atoms with E-state index in [1.54, 1.807) is 18.3 Å². The molecule has 19 heavy (non-hydrogen) atoms. The molecular formula is C15H11ClN2O. The van der Waals surface area contributed by atoms with E-state index in [-0.39, 0.29) is 0 Å². The van der Waals surface area contributed by atoms with Crippen LogP contribution in [0, 0.1) is 0 Å². The third-order valence-corrected chi connectivity index (χ3v) is 3.29. The van der Waals surface area contributed by atoms with Crippen LogP contribution in [0.25, 0.3) is 11.0 Å². The van der Waals surface area contributed by atoms with Crippen LogP contribution in [0.15, 0.2) is 54.7 Å². The molecule has 0 fully saturated rings. The summed E-state index contributed by atoms with van der Waals surface area (Å²) in [7, 11) is 0. The Balaban J connectivity index is 2.07. The Labute approximate surface area is 115 Å². The molecule has 0 bridgehead atoms. The number of hydrogen-bond donors (Lipinski definition) is 1. The zero-order valence-corrected chi connectivity index (χ0v) is 10.7. The van der Waals surface area contributed by atoms with Crippen molar-refractivity contribution in [2.75, 3.05) is 0 Å². The molecule has 0 aliphatic rings. The molecule has 3 nitrogen and oxygen atoms in total. The number of para-hydroxylation sites is 2. The summed E-state index contributed by atoms with van der Waals surface area (Å²) in [6.45, 7) is 0. The second kappa shape index (κ2) is 4.96. The molecule has 0 aliphatic carbocycles. The smallest absolute Gasteiger partial charge is 0.124 e. The SMILES string of the molecule is OC(c1cnc2ccccc2n1)c1ccccc1Cl. The van der Waals surface area contributed by atoms with E-state index in [2.05, 4.69) is 9.97 Å². The van der Waals surface area contributed by atoms with E-state index in [1.807, 2.05) is 36.4 Å². The van der Waals surface area contributed by atoms with Crippen molar-refractivity contribution in [3.63, 3.8) is 0 Å². The van der Waals surface area contributed by atoms with Crippen LogP contribution in [0.2, 0.25) is 5.02 Å². The molecule has 0 amide bonds. The standard InChI is InChI=1S/C15H11ClN2O/c16-11-6-2-1-5-10(11)15(19)14-9-17-12-7-3-4-8-13(12)18-14/h1-9,15,19H. The van der Waals surface area contributed by atoms with Gasteiger partial charge >= 0.3 is 0 Å². The van der Waals surface area contributed by atoms with Crippen molar-refractivity contribution >= 4 is 22.6 Å². The van der Waals surface area contributed by atoms with Gasteiger partial charge in [-0.15, -0.1) is 0 Å². The first kappa shape index (κ1) is 12.1. The summed E-state index contributed by atoms with van der Waals surface area (Å²) in [5, 5.41) is 10.9. The van der Waals surface area contributed by atoms with Gasteiger partial charge in [0, 0.05) is 10.6 Å². The molecule has 3 rings (SSSR count). The summed E-state index contributed by atoms with van der Waals surface area (Å²) < 4.78 is 0. The van der Waals surface area contributed by atoms with Gasteiger partial charge in [-0.1, -0.05) is 41.9 Å². The van der Waals surface area contributed by atoms with Crippen molar-refractivity contribution in [3.05, 3.63) is 71.0 Å². The molecule has 3 aromatic rings. The minimum atomic E-state index is -0.870. The number of fused-ring (bicyclic) bond motifs is 1. The van der Waals surface area contributed by atoms with Gasteiger partial charge in [0.25, 0.3) is 0 Å². The molecule has 94 valence electrons. The monoisotopic (exact) mass is 270 g/mol. The molecule has 1 unspecified atom stereocenters. The Bertz CT molecular complexity index is 730. The summed E-state index contributed by atoms with van der Waals surface area (Å²) in [5.74, 6) is 0. The predicted octanol–water partition coefficient (Wildman–Crippen LogP) is 3.36. The number of aliphatic hydroxyl groups excluding tert-OH is 1. The van der Waals surface area contributed by atoms with Gasteiger partial charge in [-0.25, -0.2) is 4.98 Å². The summed E-state index contributed by atoms with van der Waals surface area (Å²) in [4.78, 5) is 8.71. The van der Waals surface area contributed by atoms with E-state index in [0.29, 0.717) is 16.3 Å². The van der Waals surface area contributed by atoms with Crippen LogP contribution >= 0.6 is 11.6 Å². The highest BCUT2D eigenvalue weighted by Crippen LogP contribution is 2.27. The van der Waals surface area contributed by atoms with E-state index < -0.39 is 6.10 Å². The number of aromatic nitrogens is 2. The lowest BCUT2D eigenvalue weighted by Gasteiger charge is -2.12. The van der Waals surface area contributed by atoms with Crippen molar-refractivity contribution in [1.82, 2.24) is 9.97 Å². The Hall–Kier alpha value is -1.97. The van der Waals surface area contributed by atoms with Crippen LogP contribution in [0.3, 0.4) is 0 Å². The van der Waals surface area contributed by atoms with Crippen LogP contribution in [0.5, 0.6) is 0 Å². The van der Waals surface area contributed by atoms with Crippen molar-refractivity contribution < 1.29 is 5.11 Å². The summed E-state index contributed by atoms with van der Waals surface area (Å²) in [6, 6.07) is 14.7. The predicted molar refractivity (Wildman–Crippen MR) is 75.1 cm³/mol. The van der Waals surface area contributed by atoms with Crippen LogP contribution in [0.1, 0.15) is 17.4 Å². The first-order valence-corrected chi connectivity index (χ1v) is 6.27. The molecule has 1 N–H and O–H groups in total. The molecule has 0 saturated heterocycles. The van der Waals surface area contributed by atoms with Crippen molar-refractivity contribution in [3.8, 4) is 0 Å². The average Bonchev–Trinajstić information content (AvgIpc) is 2.46. The second-order valence-corrected chi connectivity index (χ2v) is 4.61. The highest BCUT2D eigenvalue weighted by Gasteiger charge is 2.15. The van der Waals surface area contributed by atoms with E-state index in [1.165, 1.54) is 0 Å². The largest absolute Gasteiger partial charge is 0.382 e. The molecule has 0 spiro atoms. The summed E-state index contributed by atoms with van der Waals surface area (Å²) in [6.07, 6.45) is 0.710. The summed E-state index contributed by atoms with van der Waals surface area (Å²) in [5.41, 5.74) is 2.68. The molecule has 2 aromatic carbocycles. The molecule has 0 radical (unpaired) electrons. The number of rotatable bonds is 2. The fourth-order valence-electron chi connectivity index (χ4n) is 1.96. The number of hydrogen-bond acceptors (Lipinski definition) is 3. The van der Waals surface area contributed by atoms with Gasteiger partial charge in [0.05, 0.1) is 22.9 Å². The third kappa shape index (κ3) is 2.30. The molecule has 1 heterocycles. The Morgan fingerprint density at radius 3 is 2.42 bits per heavy atom. The molecule has 1 atom stereocenters. The third-order valence-electron chi connectivity index (χ3n) is 2.95. The molecular weight excluding hydrogens is 260 g/mol. The molecule has 4 heteroatoms. The van der Waals surface area contributed by atoms with E-state index in [0.717, 1.165) is 11.0 Å². The maximum Gasteiger partial charge on any atom is 0.124 e. The minimum Gasteiger partial charge on any atom is -0.382 e. The Morgan fingerprint density at radius 2 is 1.63 bits per heavy atom. The fourth-order valence-corrected chi connectivity index (χ4v) is 2.20. The van der Waals surface area contributed by atoms with Crippen molar-refractivity contribution in [1.29, 1.82) is 0 Å².